The number of benzene rings is 2. The third kappa shape index (κ3) is 9.84. The molecule has 2 N–H and O–H groups in total. The highest BCUT2D eigenvalue weighted by atomic mass is 127. The van der Waals surface area contributed by atoms with E-state index in [1.54, 1.807) is 32.4 Å². The Morgan fingerprint density at radius 2 is 1.59 bits per heavy atom. The van der Waals surface area contributed by atoms with Gasteiger partial charge in [0.15, 0.2) is 5.96 Å². The van der Waals surface area contributed by atoms with Crippen molar-refractivity contribution in [2.24, 2.45) is 4.99 Å². The Balaban J connectivity index is 0.00000420. The molecular formula is C20H25F3IN3O2. The summed E-state index contributed by atoms with van der Waals surface area (Å²) >= 11 is 0. The summed E-state index contributed by atoms with van der Waals surface area (Å²) < 4.78 is 46.3. The fourth-order valence-electron chi connectivity index (χ4n) is 2.45. The Labute approximate surface area is 185 Å². The average molecular weight is 523 g/mol. The summed E-state index contributed by atoms with van der Waals surface area (Å²) in [6, 6.07) is 14.9. The summed E-state index contributed by atoms with van der Waals surface area (Å²) in [6.45, 7) is -0.264. The van der Waals surface area contributed by atoms with Crippen molar-refractivity contribution in [3.8, 4) is 5.75 Å². The van der Waals surface area contributed by atoms with Crippen LogP contribution >= 0.6 is 24.0 Å². The minimum absolute atomic E-state index is 0. The zero-order valence-electron chi connectivity index (χ0n) is 16.3. The van der Waals surface area contributed by atoms with Gasteiger partial charge in [0.2, 0.25) is 0 Å². The van der Waals surface area contributed by atoms with E-state index >= 15 is 0 Å². The summed E-state index contributed by atoms with van der Waals surface area (Å²) in [7, 11) is 3.29. The van der Waals surface area contributed by atoms with Gasteiger partial charge in [0, 0.05) is 20.1 Å². The number of alkyl halides is 3. The maximum atomic E-state index is 12.2. The van der Waals surface area contributed by atoms with Crippen LogP contribution in [0.3, 0.4) is 0 Å². The van der Waals surface area contributed by atoms with Crippen LogP contribution in [0.1, 0.15) is 16.7 Å². The molecule has 0 radical (unpaired) electrons. The molecule has 160 valence electrons. The first-order valence-corrected chi connectivity index (χ1v) is 8.69. The maximum absolute atomic E-state index is 12.2. The topological polar surface area (TPSA) is 54.9 Å². The van der Waals surface area contributed by atoms with Crippen LogP contribution < -0.4 is 15.4 Å². The molecule has 9 heteroatoms. The van der Waals surface area contributed by atoms with Crippen molar-refractivity contribution >= 4 is 29.9 Å². The van der Waals surface area contributed by atoms with Crippen molar-refractivity contribution in [1.29, 1.82) is 0 Å². The maximum Gasteiger partial charge on any atom is 0.411 e. The first-order chi connectivity index (χ1) is 13.4. The number of nitrogens with zero attached hydrogens (tertiary/aromatic N) is 1. The third-order valence-electron chi connectivity index (χ3n) is 3.83. The molecule has 0 aliphatic heterocycles. The SMILES string of the molecule is CN=C(NCc1ccc(OC)cc1)NCc1cccc(COCC(F)(F)F)c1.I. The van der Waals surface area contributed by atoms with E-state index in [1.165, 1.54) is 0 Å². The van der Waals surface area contributed by atoms with Gasteiger partial charge in [-0.15, -0.1) is 24.0 Å². The van der Waals surface area contributed by atoms with Gasteiger partial charge in [-0.3, -0.25) is 4.99 Å². The van der Waals surface area contributed by atoms with Gasteiger partial charge < -0.3 is 20.1 Å². The zero-order valence-corrected chi connectivity index (χ0v) is 18.6. The van der Waals surface area contributed by atoms with Gasteiger partial charge in [-0.25, -0.2) is 0 Å². The molecule has 0 aliphatic carbocycles. The van der Waals surface area contributed by atoms with Crippen molar-refractivity contribution in [3.63, 3.8) is 0 Å². The van der Waals surface area contributed by atoms with E-state index < -0.39 is 12.8 Å². The number of methoxy groups -OCH3 is 1. The molecule has 0 unspecified atom stereocenters. The van der Waals surface area contributed by atoms with Crippen molar-refractivity contribution in [2.75, 3.05) is 20.8 Å². The van der Waals surface area contributed by atoms with Crippen LogP contribution in [0, 0.1) is 0 Å². The van der Waals surface area contributed by atoms with Gasteiger partial charge in [-0.05, 0) is 28.8 Å². The molecule has 0 aromatic heterocycles. The van der Waals surface area contributed by atoms with Crippen LogP contribution in [0.25, 0.3) is 0 Å². The molecular weight excluding hydrogens is 498 g/mol. The van der Waals surface area contributed by atoms with Crippen LogP contribution in [0.5, 0.6) is 5.75 Å². The number of nitrogens with one attached hydrogen (secondary N) is 2. The Kier molecular flexibility index (Phi) is 10.8. The summed E-state index contributed by atoms with van der Waals surface area (Å²) in [5, 5.41) is 6.39. The average Bonchev–Trinajstić information content (AvgIpc) is 2.68. The Bertz CT molecular complexity index is 768. The first-order valence-electron chi connectivity index (χ1n) is 8.69. The highest BCUT2D eigenvalue weighted by Crippen LogP contribution is 2.16. The Hall–Kier alpha value is -2.01. The van der Waals surface area contributed by atoms with Crippen molar-refractivity contribution in [2.45, 2.75) is 25.9 Å². The van der Waals surface area contributed by atoms with E-state index in [4.69, 9.17) is 9.47 Å². The lowest BCUT2D eigenvalue weighted by atomic mass is 10.1. The molecule has 5 nitrogen and oxygen atoms in total. The summed E-state index contributed by atoms with van der Waals surface area (Å²) in [5.74, 6) is 1.42. The standard InChI is InChI=1S/C20H24F3N3O2.HI/c1-24-19(25-11-15-6-8-18(27-2)9-7-15)26-12-16-4-3-5-17(10-16)13-28-14-20(21,22)23;/h3-10H,11-14H2,1-2H3,(H2,24,25,26);1H. The van der Waals surface area contributed by atoms with E-state index in [-0.39, 0.29) is 30.6 Å². The second-order valence-corrected chi connectivity index (χ2v) is 6.06. The summed E-state index contributed by atoms with van der Waals surface area (Å²) in [5.41, 5.74) is 2.68. The number of halogens is 4. The Morgan fingerprint density at radius 3 is 2.17 bits per heavy atom. The van der Waals surface area contributed by atoms with Crippen LogP contribution in [-0.2, 0) is 24.4 Å². The lowest BCUT2D eigenvalue weighted by Gasteiger charge is -2.13. The van der Waals surface area contributed by atoms with E-state index in [0.717, 1.165) is 16.9 Å². The second-order valence-electron chi connectivity index (χ2n) is 6.06. The summed E-state index contributed by atoms with van der Waals surface area (Å²) in [4.78, 5) is 4.17. The molecule has 0 saturated heterocycles. The molecule has 0 saturated carbocycles. The molecule has 2 rings (SSSR count). The van der Waals surface area contributed by atoms with E-state index in [2.05, 4.69) is 15.6 Å². The van der Waals surface area contributed by atoms with E-state index in [1.807, 2.05) is 30.3 Å². The molecule has 0 heterocycles. The molecule has 0 bridgehead atoms. The van der Waals surface area contributed by atoms with Crippen LogP contribution in [0.15, 0.2) is 53.5 Å². The van der Waals surface area contributed by atoms with Gasteiger partial charge in [-0.1, -0.05) is 36.4 Å². The number of hydrogen-bond donors (Lipinski definition) is 2. The highest BCUT2D eigenvalue weighted by Gasteiger charge is 2.27. The largest absolute Gasteiger partial charge is 0.497 e. The second kappa shape index (κ2) is 12.5. The smallest absolute Gasteiger partial charge is 0.411 e. The summed E-state index contributed by atoms with van der Waals surface area (Å²) in [6.07, 6.45) is -4.32. The van der Waals surface area contributed by atoms with Crippen LogP contribution in [-0.4, -0.2) is 32.9 Å². The number of hydrogen-bond acceptors (Lipinski definition) is 3. The lowest BCUT2D eigenvalue weighted by molar-refractivity contribution is -0.176. The number of rotatable bonds is 8. The molecule has 2 aromatic carbocycles. The van der Waals surface area contributed by atoms with Gasteiger partial charge in [-0.2, -0.15) is 13.2 Å². The number of guanidine groups is 1. The zero-order chi connectivity index (χ0) is 20.4. The predicted molar refractivity (Wildman–Crippen MR) is 118 cm³/mol. The number of ether oxygens (including phenoxy) is 2. The molecule has 0 atom stereocenters. The van der Waals surface area contributed by atoms with Crippen molar-refractivity contribution in [3.05, 3.63) is 65.2 Å². The molecule has 0 amide bonds. The quantitative estimate of drug-likeness (QED) is 0.309. The molecule has 2 aromatic rings. The van der Waals surface area contributed by atoms with Gasteiger partial charge in [0.05, 0.1) is 13.7 Å². The predicted octanol–water partition coefficient (Wildman–Crippen LogP) is 4.26. The minimum Gasteiger partial charge on any atom is -0.497 e. The monoisotopic (exact) mass is 523 g/mol. The fourth-order valence-corrected chi connectivity index (χ4v) is 2.45. The van der Waals surface area contributed by atoms with Gasteiger partial charge in [0.25, 0.3) is 0 Å². The first kappa shape index (κ1) is 25.0. The van der Waals surface area contributed by atoms with Crippen LogP contribution in [0.4, 0.5) is 13.2 Å². The number of aliphatic imine (C=N–C) groups is 1. The molecule has 29 heavy (non-hydrogen) atoms. The van der Waals surface area contributed by atoms with E-state index in [9.17, 15) is 13.2 Å². The highest BCUT2D eigenvalue weighted by molar-refractivity contribution is 14.0. The molecule has 0 aliphatic rings. The van der Waals surface area contributed by atoms with Gasteiger partial charge >= 0.3 is 6.18 Å². The van der Waals surface area contributed by atoms with Crippen molar-refractivity contribution < 1.29 is 22.6 Å². The van der Waals surface area contributed by atoms with Gasteiger partial charge in [0.1, 0.15) is 12.4 Å². The third-order valence-corrected chi connectivity index (χ3v) is 3.83. The Morgan fingerprint density at radius 1 is 0.966 bits per heavy atom. The fraction of sp³-hybridized carbons (Fsp3) is 0.350. The lowest BCUT2D eigenvalue weighted by Crippen LogP contribution is -2.36. The normalized spacial score (nSPS) is 11.6. The van der Waals surface area contributed by atoms with Crippen molar-refractivity contribution in [1.82, 2.24) is 10.6 Å². The molecule has 0 fully saturated rings. The minimum atomic E-state index is -4.32. The molecule has 0 spiro atoms. The van der Waals surface area contributed by atoms with E-state index in [0.29, 0.717) is 24.6 Å². The van der Waals surface area contributed by atoms with Crippen LogP contribution in [0.2, 0.25) is 0 Å².